The Morgan fingerprint density at radius 1 is 1.29 bits per heavy atom. The maximum atomic E-state index is 12.0. The second-order valence-corrected chi connectivity index (χ2v) is 5.82. The molecule has 3 rings (SSSR count). The zero-order valence-electron chi connectivity index (χ0n) is 13.8. The molecule has 5 nitrogen and oxygen atoms in total. The van der Waals surface area contributed by atoms with Crippen LogP contribution in [-0.4, -0.2) is 27.0 Å². The molecule has 2 heterocycles. The fourth-order valence-electron chi connectivity index (χ4n) is 2.56. The largest absolute Gasteiger partial charge is 0.352 e. The Hall–Kier alpha value is -2.40. The first-order valence-corrected chi connectivity index (χ1v) is 7.79. The summed E-state index contributed by atoms with van der Waals surface area (Å²) < 4.78 is 2.16. The molecule has 0 radical (unpaired) electrons. The number of carbonyl (C=O) groups excluding carboxylic acids is 1. The molecule has 0 bridgehead atoms. The molecule has 1 aromatic carbocycles. The van der Waals surface area contributed by atoms with Gasteiger partial charge in [-0.05, 0) is 50.1 Å². The van der Waals surface area contributed by atoms with E-state index in [-0.39, 0.29) is 18.3 Å². The fourth-order valence-corrected chi connectivity index (χ4v) is 2.56. The fraction of sp³-hybridized carbons (Fsp3) is 0.278. The quantitative estimate of drug-likeness (QED) is 0.771. The minimum absolute atomic E-state index is 0. The lowest BCUT2D eigenvalue weighted by molar-refractivity contribution is 0.0954. The van der Waals surface area contributed by atoms with Crippen LogP contribution in [-0.2, 0) is 6.42 Å². The molecule has 1 amide bonds. The number of halogens is 1. The molecular formula is C18H21ClN4O. The van der Waals surface area contributed by atoms with Crippen molar-refractivity contribution in [3.05, 3.63) is 60.2 Å². The highest BCUT2D eigenvalue weighted by Gasteiger charge is 2.07. The van der Waals surface area contributed by atoms with Gasteiger partial charge < -0.3 is 9.88 Å². The van der Waals surface area contributed by atoms with Crippen LogP contribution in [0.1, 0.15) is 35.8 Å². The number of fused-ring (bicyclic) bond motifs is 1. The molecule has 0 aliphatic heterocycles. The summed E-state index contributed by atoms with van der Waals surface area (Å²) in [6.07, 6.45) is 5.88. The lowest BCUT2D eigenvalue weighted by Crippen LogP contribution is -2.25. The number of hydrogen-bond acceptors (Lipinski definition) is 3. The summed E-state index contributed by atoms with van der Waals surface area (Å²) in [5, 5.41) is 2.91. The van der Waals surface area contributed by atoms with Gasteiger partial charge in [-0.25, -0.2) is 4.98 Å². The standard InChI is InChI=1S/C18H20N4O.ClH/c1-13(2)22-12-21-16-10-14(5-6-17(16)22)7-9-20-18(23)15-4-3-8-19-11-15;/h3-6,8,10-13H,7,9H2,1-2H3,(H,20,23);1H. The van der Waals surface area contributed by atoms with Crippen molar-refractivity contribution in [3.8, 4) is 0 Å². The summed E-state index contributed by atoms with van der Waals surface area (Å²) in [5.74, 6) is -0.0942. The average Bonchev–Trinajstić information content (AvgIpc) is 2.99. The van der Waals surface area contributed by atoms with Crippen LogP contribution >= 0.6 is 12.4 Å². The molecule has 0 atom stereocenters. The van der Waals surface area contributed by atoms with Crippen molar-refractivity contribution >= 4 is 29.3 Å². The lowest BCUT2D eigenvalue weighted by atomic mass is 10.1. The van der Waals surface area contributed by atoms with Crippen molar-refractivity contribution in [3.63, 3.8) is 0 Å². The van der Waals surface area contributed by atoms with Gasteiger partial charge in [0, 0.05) is 25.0 Å². The third-order valence-electron chi connectivity index (χ3n) is 3.82. The molecule has 0 aliphatic carbocycles. The molecule has 6 heteroatoms. The number of amides is 1. The van der Waals surface area contributed by atoms with Crippen LogP contribution < -0.4 is 5.32 Å². The maximum absolute atomic E-state index is 12.0. The van der Waals surface area contributed by atoms with Crippen LogP contribution in [0.15, 0.2) is 49.1 Å². The number of nitrogens with zero attached hydrogens (tertiary/aromatic N) is 3. The van der Waals surface area contributed by atoms with Crippen LogP contribution in [0.3, 0.4) is 0 Å². The van der Waals surface area contributed by atoms with Crippen molar-refractivity contribution in [1.29, 1.82) is 0 Å². The topological polar surface area (TPSA) is 59.8 Å². The van der Waals surface area contributed by atoms with Crippen LogP contribution in [0, 0.1) is 0 Å². The third kappa shape index (κ3) is 3.92. The van der Waals surface area contributed by atoms with Crippen LogP contribution in [0.25, 0.3) is 11.0 Å². The van der Waals surface area contributed by atoms with Crippen molar-refractivity contribution < 1.29 is 4.79 Å². The molecule has 0 saturated carbocycles. The highest BCUT2D eigenvalue weighted by Crippen LogP contribution is 2.18. The molecule has 126 valence electrons. The molecule has 3 aromatic rings. The molecule has 0 saturated heterocycles. The molecule has 0 spiro atoms. The first kappa shape index (κ1) is 17.9. The second-order valence-electron chi connectivity index (χ2n) is 5.82. The summed E-state index contributed by atoms with van der Waals surface area (Å²) in [7, 11) is 0. The average molecular weight is 345 g/mol. The molecule has 1 N–H and O–H groups in total. The van der Waals surface area contributed by atoms with E-state index in [0.717, 1.165) is 23.0 Å². The monoisotopic (exact) mass is 344 g/mol. The van der Waals surface area contributed by atoms with E-state index in [1.165, 1.54) is 0 Å². The van der Waals surface area contributed by atoms with Gasteiger partial charge in [0.25, 0.3) is 5.91 Å². The Labute approximate surface area is 147 Å². The minimum Gasteiger partial charge on any atom is -0.352 e. The highest BCUT2D eigenvalue weighted by molar-refractivity contribution is 5.93. The summed E-state index contributed by atoms with van der Waals surface area (Å²) in [6, 6.07) is 10.2. The summed E-state index contributed by atoms with van der Waals surface area (Å²) in [5.41, 5.74) is 3.88. The number of pyridine rings is 1. The number of aromatic nitrogens is 3. The van der Waals surface area contributed by atoms with Crippen molar-refractivity contribution in [1.82, 2.24) is 19.9 Å². The number of hydrogen-bond donors (Lipinski definition) is 1. The van der Waals surface area contributed by atoms with E-state index >= 15 is 0 Å². The van der Waals surface area contributed by atoms with Gasteiger partial charge in [0.2, 0.25) is 0 Å². The molecule has 0 aliphatic rings. The predicted octanol–water partition coefficient (Wildman–Crippen LogP) is 3.41. The van der Waals surface area contributed by atoms with Crippen LogP contribution in [0.2, 0.25) is 0 Å². The van der Waals surface area contributed by atoms with Gasteiger partial charge in [0.05, 0.1) is 22.9 Å². The Morgan fingerprint density at radius 2 is 2.12 bits per heavy atom. The highest BCUT2D eigenvalue weighted by atomic mass is 35.5. The number of carbonyl (C=O) groups is 1. The Bertz CT molecular complexity index is 814. The smallest absolute Gasteiger partial charge is 0.252 e. The minimum atomic E-state index is -0.0942. The summed E-state index contributed by atoms with van der Waals surface area (Å²) >= 11 is 0. The molecule has 2 aromatic heterocycles. The number of rotatable bonds is 5. The summed E-state index contributed by atoms with van der Waals surface area (Å²) in [6.45, 7) is 4.87. The van der Waals surface area contributed by atoms with E-state index in [9.17, 15) is 4.79 Å². The number of nitrogens with one attached hydrogen (secondary N) is 1. The maximum Gasteiger partial charge on any atom is 0.252 e. The number of benzene rings is 1. The van der Waals surface area contributed by atoms with Gasteiger partial charge >= 0.3 is 0 Å². The van der Waals surface area contributed by atoms with E-state index < -0.39 is 0 Å². The van der Waals surface area contributed by atoms with Gasteiger partial charge in [0.1, 0.15) is 0 Å². The normalized spacial score (nSPS) is 10.6. The van der Waals surface area contributed by atoms with Gasteiger partial charge in [0.15, 0.2) is 0 Å². The first-order valence-electron chi connectivity index (χ1n) is 7.79. The predicted molar refractivity (Wildman–Crippen MR) is 97.6 cm³/mol. The Kier molecular flexibility index (Phi) is 5.93. The first-order chi connectivity index (χ1) is 11.1. The zero-order chi connectivity index (χ0) is 16.2. The van der Waals surface area contributed by atoms with E-state index in [1.54, 1.807) is 24.5 Å². The SMILES string of the molecule is CC(C)n1cnc2cc(CCNC(=O)c3cccnc3)ccc21.Cl. The van der Waals surface area contributed by atoms with Crippen molar-refractivity contribution in [2.75, 3.05) is 6.54 Å². The Morgan fingerprint density at radius 3 is 2.83 bits per heavy atom. The molecule has 24 heavy (non-hydrogen) atoms. The number of imidazole rings is 1. The van der Waals surface area contributed by atoms with Gasteiger partial charge in [-0.2, -0.15) is 0 Å². The third-order valence-corrected chi connectivity index (χ3v) is 3.82. The molecule has 0 unspecified atom stereocenters. The van der Waals surface area contributed by atoms with Gasteiger partial charge in [-0.1, -0.05) is 6.07 Å². The van der Waals surface area contributed by atoms with Crippen LogP contribution in [0.5, 0.6) is 0 Å². The Balaban J connectivity index is 0.00000208. The van der Waals surface area contributed by atoms with E-state index in [2.05, 4.69) is 51.9 Å². The summed E-state index contributed by atoms with van der Waals surface area (Å²) in [4.78, 5) is 20.4. The lowest BCUT2D eigenvalue weighted by Gasteiger charge is -2.08. The zero-order valence-corrected chi connectivity index (χ0v) is 14.6. The second kappa shape index (κ2) is 7.93. The van der Waals surface area contributed by atoms with E-state index in [0.29, 0.717) is 18.2 Å². The molecule has 0 fully saturated rings. The van der Waals surface area contributed by atoms with E-state index in [1.807, 2.05) is 6.33 Å². The van der Waals surface area contributed by atoms with Crippen LogP contribution in [0.4, 0.5) is 0 Å². The molecular weight excluding hydrogens is 324 g/mol. The van der Waals surface area contributed by atoms with Crippen molar-refractivity contribution in [2.45, 2.75) is 26.3 Å². The van der Waals surface area contributed by atoms with E-state index in [4.69, 9.17) is 0 Å². The van der Waals surface area contributed by atoms with Gasteiger partial charge in [-0.15, -0.1) is 12.4 Å². The van der Waals surface area contributed by atoms with Gasteiger partial charge in [-0.3, -0.25) is 9.78 Å². The van der Waals surface area contributed by atoms with Crippen molar-refractivity contribution in [2.24, 2.45) is 0 Å².